The molecule has 0 aliphatic carbocycles. The Bertz CT molecular complexity index is 274. The van der Waals surface area contributed by atoms with Gasteiger partial charge in [0.05, 0.1) is 9.81 Å². The van der Waals surface area contributed by atoms with E-state index in [1.165, 1.54) is 6.92 Å². The summed E-state index contributed by atoms with van der Waals surface area (Å²) in [5.41, 5.74) is 0.433. The van der Waals surface area contributed by atoms with E-state index in [9.17, 15) is 9.59 Å². The third kappa shape index (κ3) is 2.89. The van der Waals surface area contributed by atoms with E-state index < -0.39 is 0 Å². The normalized spacial score (nSPS) is 16.6. The third-order valence-electron chi connectivity index (χ3n) is 1.91. The van der Waals surface area contributed by atoms with Crippen LogP contribution in [-0.4, -0.2) is 23.1 Å². The average molecular weight is 230 g/mol. The van der Waals surface area contributed by atoms with Crippen molar-refractivity contribution in [2.45, 2.75) is 26.7 Å². The zero-order chi connectivity index (χ0) is 10.6. The molecule has 0 bridgehead atoms. The second-order valence-electron chi connectivity index (χ2n) is 3.05. The van der Waals surface area contributed by atoms with Crippen LogP contribution in [0.1, 0.15) is 26.7 Å². The number of carbonyl (C=O) groups excluding carboxylic acids is 2. The molecule has 14 heavy (non-hydrogen) atoms. The van der Waals surface area contributed by atoms with Crippen LogP contribution in [0.2, 0.25) is 0 Å². The summed E-state index contributed by atoms with van der Waals surface area (Å²) in [5.74, 6) is 1.94. The topological polar surface area (TPSA) is 34.1 Å². The van der Waals surface area contributed by atoms with Gasteiger partial charge in [0.2, 0.25) is 0 Å². The molecular formula is C10H14O2S2. The molecule has 0 aromatic carbocycles. The van der Waals surface area contributed by atoms with Crippen molar-refractivity contribution >= 4 is 35.1 Å². The van der Waals surface area contributed by atoms with Crippen LogP contribution in [0.25, 0.3) is 0 Å². The third-order valence-corrected chi connectivity index (χ3v) is 4.54. The second kappa shape index (κ2) is 5.61. The van der Waals surface area contributed by atoms with Crippen molar-refractivity contribution in [3.8, 4) is 0 Å². The minimum Gasteiger partial charge on any atom is -0.294 e. The fraction of sp³-hybridized carbons (Fsp3) is 0.600. The van der Waals surface area contributed by atoms with E-state index in [1.807, 2.05) is 0 Å². The van der Waals surface area contributed by atoms with Crippen molar-refractivity contribution in [2.75, 3.05) is 11.5 Å². The molecule has 0 atom stereocenters. The highest BCUT2D eigenvalue weighted by Crippen LogP contribution is 2.37. The van der Waals surface area contributed by atoms with E-state index in [-0.39, 0.29) is 11.6 Å². The van der Waals surface area contributed by atoms with Crippen molar-refractivity contribution < 1.29 is 9.59 Å². The Kier molecular flexibility index (Phi) is 4.75. The first kappa shape index (κ1) is 11.9. The fourth-order valence-electron chi connectivity index (χ4n) is 1.21. The SMILES string of the molecule is CCC(=O)C(C(C)=O)=C1SCCCS1. The number of Topliss-reactive ketones (excluding diaryl/α,β-unsaturated/α-hetero) is 2. The first-order chi connectivity index (χ1) is 6.66. The van der Waals surface area contributed by atoms with Gasteiger partial charge < -0.3 is 0 Å². The van der Waals surface area contributed by atoms with E-state index in [2.05, 4.69) is 0 Å². The number of rotatable bonds is 3. The van der Waals surface area contributed by atoms with Crippen LogP contribution in [0.5, 0.6) is 0 Å². The molecule has 0 unspecified atom stereocenters. The van der Waals surface area contributed by atoms with Gasteiger partial charge in [-0.3, -0.25) is 9.59 Å². The second-order valence-corrected chi connectivity index (χ2v) is 5.51. The molecular weight excluding hydrogens is 216 g/mol. The summed E-state index contributed by atoms with van der Waals surface area (Å²) in [6.45, 7) is 3.27. The molecule has 1 rings (SSSR count). The van der Waals surface area contributed by atoms with Crippen molar-refractivity contribution in [2.24, 2.45) is 0 Å². The van der Waals surface area contributed by atoms with Gasteiger partial charge in [-0.1, -0.05) is 6.92 Å². The molecule has 0 radical (unpaired) electrons. The summed E-state index contributed by atoms with van der Waals surface area (Å²) in [6.07, 6.45) is 1.57. The molecule has 0 saturated carbocycles. The van der Waals surface area contributed by atoms with Crippen LogP contribution in [0.15, 0.2) is 9.81 Å². The summed E-state index contributed by atoms with van der Waals surface area (Å²) >= 11 is 3.29. The highest BCUT2D eigenvalue weighted by molar-refractivity contribution is 8.22. The Balaban J connectivity index is 2.94. The quantitative estimate of drug-likeness (QED) is 0.424. The Labute approximate surface area is 92.9 Å². The number of ketones is 2. The van der Waals surface area contributed by atoms with Crippen LogP contribution in [0.3, 0.4) is 0 Å². The summed E-state index contributed by atoms with van der Waals surface area (Å²) < 4.78 is 0.940. The summed E-state index contributed by atoms with van der Waals surface area (Å²) in [6, 6.07) is 0. The number of thioether (sulfide) groups is 2. The van der Waals surface area contributed by atoms with Crippen LogP contribution in [-0.2, 0) is 9.59 Å². The molecule has 1 aliphatic heterocycles. The van der Waals surface area contributed by atoms with Gasteiger partial charge in [-0.25, -0.2) is 0 Å². The zero-order valence-electron chi connectivity index (χ0n) is 8.46. The summed E-state index contributed by atoms with van der Waals surface area (Å²) in [4.78, 5) is 22.9. The molecule has 0 N–H and O–H groups in total. The lowest BCUT2D eigenvalue weighted by molar-refractivity contribution is -0.120. The standard InChI is InChI=1S/C10H14O2S2/c1-3-8(12)9(7(2)11)10-13-5-4-6-14-10/h3-6H2,1-2H3. The Hall–Kier alpha value is -0.220. The van der Waals surface area contributed by atoms with Crippen molar-refractivity contribution in [3.63, 3.8) is 0 Å². The maximum Gasteiger partial charge on any atom is 0.167 e. The molecule has 0 aromatic heterocycles. The van der Waals surface area contributed by atoms with Gasteiger partial charge in [-0.2, -0.15) is 0 Å². The van der Waals surface area contributed by atoms with Gasteiger partial charge in [-0.05, 0) is 24.9 Å². The monoisotopic (exact) mass is 230 g/mol. The molecule has 0 amide bonds. The Morgan fingerprint density at radius 1 is 1.29 bits per heavy atom. The predicted molar refractivity (Wildman–Crippen MR) is 62.5 cm³/mol. The minimum atomic E-state index is -0.0891. The minimum absolute atomic E-state index is 0.0191. The van der Waals surface area contributed by atoms with Gasteiger partial charge in [0.25, 0.3) is 0 Å². The highest BCUT2D eigenvalue weighted by Gasteiger charge is 2.20. The molecule has 1 saturated heterocycles. The molecule has 2 nitrogen and oxygen atoms in total. The Morgan fingerprint density at radius 2 is 1.86 bits per heavy atom. The molecule has 78 valence electrons. The summed E-state index contributed by atoms with van der Waals surface area (Å²) in [7, 11) is 0. The van der Waals surface area contributed by atoms with E-state index in [1.54, 1.807) is 30.4 Å². The first-order valence-corrected chi connectivity index (χ1v) is 6.68. The molecule has 4 heteroatoms. The van der Waals surface area contributed by atoms with E-state index >= 15 is 0 Å². The summed E-state index contributed by atoms with van der Waals surface area (Å²) in [5, 5.41) is 0. The van der Waals surface area contributed by atoms with Gasteiger partial charge in [0.15, 0.2) is 11.6 Å². The van der Waals surface area contributed by atoms with E-state index in [4.69, 9.17) is 0 Å². The lowest BCUT2D eigenvalue weighted by Gasteiger charge is -2.15. The van der Waals surface area contributed by atoms with Crippen molar-refractivity contribution in [1.82, 2.24) is 0 Å². The molecule has 0 spiro atoms. The lowest BCUT2D eigenvalue weighted by Crippen LogP contribution is -2.12. The van der Waals surface area contributed by atoms with Crippen LogP contribution >= 0.6 is 23.5 Å². The predicted octanol–water partition coefficient (Wildman–Crippen LogP) is 2.64. The zero-order valence-corrected chi connectivity index (χ0v) is 10.1. The largest absolute Gasteiger partial charge is 0.294 e. The molecule has 1 heterocycles. The van der Waals surface area contributed by atoms with Crippen LogP contribution < -0.4 is 0 Å². The lowest BCUT2D eigenvalue weighted by atomic mass is 10.1. The maximum atomic E-state index is 11.5. The van der Waals surface area contributed by atoms with E-state index in [0.29, 0.717) is 12.0 Å². The molecule has 1 aliphatic rings. The average Bonchev–Trinajstić information content (AvgIpc) is 2.19. The smallest absolute Gasteiger partial charge is 0.167 e. The van der Waals surface area contributed by atoms with Gasteiger partial charge >= 0.3 is 0 Å². The van der Waals surface area contributed by atoms with Crippen molar-refractivity contribution in [1.29, 1.82) is 0 Å². The molecule has 1 fully saturated rings. The van der Waals surface area contributed by atoms with Gasteiger partial charge in [0, 0.05) is 6.42 Å². The highest BCUT2D eigenvalue weighted by atomic mass is 32.2. The number of hydrogen-bond acceptors (Lipinski definition) is 4. The Morgan fingerprint density at radius 3 is 2.29 bits per heavy atom. The first-order valence-electron chi connectivity index (χ1n) is 4.70. The fourth-order valence-corrected chi connectivity index (χ4v) is 3.97. The van der Waals surface area contributed by atoms with Gasteiger partial charge in [-0.15, -0.1) is 23.5 Å². The maximum absolute atomic E-state index is 11.5. The van der Waals surface area contributed by atoms with Crippen molar-refractivity contribution in [3.05, 3.63) is 9.81 Å². The number of carbonyl (C=O) groups is 2. The van der Waals surface area contributed by atoms with Gasteiger partial charge in [0.1, 0.15) is 0 Å². The number of hydrogen-bond donors (Lipinski definition) is 0. The van der Waals surface area contributed by atoms with Crippen LogP contribution in [0, 0.1) is 0 Å². The molecule has 0 aromatic rings. The van der Waals surface area contributed by atoms with Crippen LogP contribution in [0.4, 0.5) is 0 Å². The number of allylic oxidation sites excluding steroid dienone is 1. The van der Waals surface area contributed by atoms with E-state index in [0.717, 1.165) is 22.2 Å².